The fourth-order valence-corrected chi connectivity index (χ4v) is 3.47. The van der Waals surface area contributed by atoms with E-state index in [2.05, 4.69) is 39.6 Å². The number of nitrogens with zero attached hydrogens (tertiary/aromatic N) is 1. The molecule has 128 valence electrons. The van der Waals surface area contributed by atoms with E-state index in [4.69, 9.17) is 4.74 Å². The van der Waals surface area contributed by atoms with Crippen molar-refractivity contribution in [3.8, 4) is 17.0 Å². The number of aryl methyl sites for hydroxylation is 2. The summed E-state index contributed by atoms with van der Waals surface area (Å²) in [5.74, 6) is 0.851. The Labute approximate surface area is 148 Å². The van der Waals surface area contributed by atoms with Crippen LogP contribution in [0.15, 0.2) is 48.8 Å². The Bertz CT molecular complexity index is 831. The molecule has 1 aliphatic carbocycles. The van der Waals surface area contributed by atoms with Crippen molar-refractivity contribution >= 4 is 5.69 Å². The van der Waals surface area contributed by atoms with Gasteiger partial charge in [-0.15, -0.1) is 0 Å². The van der Waals surface area contributed by atoms with Crippen LogP contribution < -0.4 is 10.1 Å². The molecule has 0 saturated heterocycles. The van der Waals surface area contributed by atoms with Crippen LogP contribution in [0.25, 0.3) is 11.3 Å². The summed E-state index contributed by atoms with van der Waals surface area (Å²) in [6, 6.07) is 12.6. The maximum atomic E-state index is 5.52. The fraction of sp³-hybridized carbons (Fsp3) is 0.286. The number of aromatic amines is 1. The van der Waals surface area contributed by atoms with Gasteiger partial charge in [-0.1, -0.05) is 6.07 Å². The molecule has 4 nitrogen and oxygen atoms in total. The number of ether oxygens (including phenoxy) is 1. The molecule has 1 aromatic carbocycles. The molecule has 0 atom stereocenters. The molecule has 4 heteroatoms. The van der Waals surface area contributed by atoms with Gasteiger partial charge < -0.3 is 15.0 Å². The van der Waals surface area contributed by atoms with E-state index in [9.17, 15) is 0 Å². The van der Waals surface area contributed by atoms with Crippen molar-refractivity contribution in [2.45, 2.75) is 32.2 Å². The Hall–Kier alpha value is -2.75. The Balaban J connectivity index is 1.60. The van der Waals surface area contributed by atoms with Crippen LogP contribution in [0.4, 0.5) is 5.69 Å². The lowest BCUT2D eigenvalue weighted by Crippen LogP contribution is -2.02. The predicted molar refractivity (Wildman–Crippen MR) is 101 cm³/mol. The van der Waals surface area contributed by atoms with E-state index in [0.717, 1.165) is 30.0 Å². The molecular formula is C21H23N3O. The quantitative estimate of drug-likeness (QED) is 0.719. The lowest BCUT2D eigenvalue weighted by atomic mass is 9.98. The first-order valence-corrected chi connectivity index (χ1v) is 8.85. The SMILES string of the molecule is COc1ccc(-c2cc3c([nH]2)CCCC3)cc1NCc1cccnc1. The van der Waals surface area contributed by atoms with Gasteiger partial charge in [0.1, 0.15) is 5.75 Å². The maximum absolute atomic E-state index is 5.52. The predicted octanol–water partition coefficient (Wildman–Crippen LogP) is 4.58. The molecule has 3 aromatic rings. The zero-order valence-electron chi connectivity index (χ0n) is 14.5. The molecule has 0 bridgehead atoms. The number of methoxy groups -OCH3 is 1. The number of nitrogens with one attached hydrogen (secondary N) is 2. The van der Waals surface area contributed by atoms with E-state index in [1.807, 2.05) is 18.3 Å². The lowest BCUT2D eigenvalue weighted by molar-refractivity contribution is 0.416. The molecule has 0 aliphatic heterocycles. The van der Waals surface area contributed by atoms with Crippen LogP contribution in [0.1, 0.15) is 29.7 Å². The van der Waals surface area contributed by atoms with Crippen molar-refractivity contribution in [2.75, 3.05) is 12.4 Å². The largest absolute Gasteiger partial charge is 0.495 e. The summed E-state index contributed by atoms with van der Waals surface area (Å²) in [4.78, 5) is 7.78. The molecule has 0 spiro atoms. The highest BCUT2D eigenvalue weighted by atomic mass is 16.5. The van der Waals surface area contributed by atoms with Crippen LogP contribution in [0, 0.1) is 0 Å². The second-order valence-electron chi connectivity index (χ2n) is 6.52. The van der Waals surface area contributed by atoms with Gasteiger partial charge in [-0.05, 0) is 67.1 Å². The number of hydrogen-bond donors (Lipinski definition) is 2. The van der Waals surface area contributed by atoms with Crippen molar-refractivity contribution in [3.63, 3.8) is 0 Å². The van der Waals surface area contributed by atoms with Gasteiger partial charge >= 0.3 is 0 Å². The molecule has 0 saturated carbocycles. The number of anilines is 1. The molecule has 2 N–H and O–H groups in total. The average molecular weight is 333 g/mol. The summed E-state index contributed by atoms with van der Waals surface area (Å²) >= 11 is 0. The zero-order chi connectivity index (χ0) is 17.1. The first-order valence-electron chi connectivity index (χ1n) is 8.85. The van der Waals surface area contributed by atoms with E-state index in [1.54, 1.807) is 13.3 Å². The monoisotopic (exact) mass is 333 g/mol. The highest BCUT2D eigenvalue weighted by Crippen LogP contribution is 2.33. The molecule has 25 heavy (non-hydrogen) atoms. The number of rotatable bonds is 5. The topological polar surface area (TPSA) is 49.9 Å². The minimum Gasteiger partial charge on any atom is -0.495 e. The van der Waals surface area contributed by atoms with E-state index in [-0.39, 0.29) is 0 Å². The third kappa shape index (κ3) is 3.38. The summed E-state index contributed by atoms with van der Waals surface area (Å²) in [7, 11) is 1.71. The Kier molecular flexibility index (Phi) is 4.42. The average Bonchev–Trinajstić information content (AvgIpc) is 3.11. The summed E-state index contributed by atoms with van der Waals surface area (Å²) in [6.07, 6.45) is 8.60. The van der Waals surface area contributed by atoms with Gasteiger partial charge in [-0.25, -0.2) is 0 Å². The smallest absolute Gasteiger partial charge is 0.142 e. The van der Waals surface area contributed by atoms with Crippen molar-refractivity contribution in [1.29, 1.82) is 0 Å². The summed E-state index contributed by atoms with van der Waals surface area (Å²) in [6.45, 7) is 0.717. The normalized spacial score (nSPS) is 13.3. The third-order valence-electron chi connectivity index (χ3n) is 4.83. The van der Waals surface area contributed by atoms with E-state index >= 15 is 0 Å². The van der Waals surface area contributed by atoms with Gasteiger partial charge in [0.15, 0.2) is 0 Å². The van der Waals surface area contributed by atoms with Crippen LogP contribution in [0.5, 0.6) is 5.75 Å². The van der Waals surface area contributed by atoms with Crippen molar-refractivity contribution in [3.05, 3.63) is 65.6 Å². The lowest BCUT2D eigenvalue weighted by Gasteiger charge is -2.13. The third-order valence-corrected chi connectivity index (χ3v) is 4.83. The number of pyridine rings is 1. The number of H-pyrrole nitrogens is 1. The number of hydrogen-bond acceptors (Lipinski definition) is 3. The van der Waals surface area contributed by atoms with Gasteiger partial charge in [-0.3, -0.25) is 4.98 Å². The van der Waals surface area contributed by atoms with E-state index in [1.165, 1.54) is 41.8 Å². The Morgan fingerprint density at radius 1 is 1.16 bits per heavy atom. The number of fused-ring (bicyclic) bond motifs is 1. The van der Waals surface area contributed by atoms with Crippen LogP contribution in [0.3, 0.4) is 0 Å². The van der Waals surface area contributed by atoms with Gasteiger partial charge in [0.05, 0.1) is 12.8 Å². The van der Waals surface area contributed by atoms with Crippen LogP contribution in [0.2, 0.25) is 0 Å². The Morgan fingerprint density at radius 2 is 2.08 bits per heavy atom. The molecule has 2 aromatic heterocycles. The molecule has 0 amide bonds. The van der Waals surface area contributed by atoms with Crippen molar-refractivity contribution in [2.24, 2.45) is 0 Å². The fourth-order valence-electron chi connectivity index (χ4n) is 3.47. The number of benzene rings is 1. The van der Waals surface area contributed by atoms with Crippen LogP contribution in [-0.4, -0.2) is 17.1 Å². The van der Waals surface area contributed by atoms with Crippen molar-refractivity contribution < 1.29 is 4.74 Å². The first kappa shape index (κ1) is 15.8. The first-order chi connectivity index (χ1) is 12.3. The van der Waals surface area contributed by atoms with Crippen LogP contribution in [-0.2, 0) is 19.4 Å². The van der Waals surface area contributed by atoms with Gasteiger partial charge in [-0.2, -0.15) is 0 Å². The molecule has 1 aliphatic rings. The van der Waals surface area contributed by atoms with E-state index < -0.39 is 0 Å². The second kappa shape index (κ2) is 7.01. The minimum absolute atomic E-state index is 0.717. The van der Waals surface area contributed by atoms with Crippen molar-refractivity contribution in [1.82, 2.24) is 9.97 Å². The molecule has 0 radical (unpaired) electrons. The highest BCUT2D eigenvalue weighted by molar-refractivity contribution is 5.71. The van der Waals surface area contributed by atoms with Gasteiger partial charge in [0.2, 0.25) is 0 Å². The molecule has 4 rings (SSSR count). The van der Waals surface area contributed by atoms with Crippen LogP contribution >= 0.6 is 0 Å². The second-order valence-corrected chi connectivity index (χ2v) is 6.52. The molecular weight excluding hydrogens is 310 g/mol. The highest BCUT2D eigenvalue weighted by Gasteiger charge is 2.14. The standard InChI is InChI=1S/C21H23N3O/c1-25-21-9-8-17(19-11-16-6-2-3-7-18(16)24-19)12-20(21)23-14-15-5-4-10-22-13-15/h4-5,8-13,23-24H,2-3,6-7,14H2,1H3. The van der Waals surface area contributed by atoms with Gasteiger partial charge in [0.25, 0.3) is 0 Å². The van der Waals surface area contributed by atoms with Gasteiger partial charge in [0, 0.05) is 35.9 Å². The summed E-state index contributed by atoms with van der Waals surface area (Å²) in [5.41, 5.74) is 7.40. The summed E-state index contributed by atoms with van der Waals surface area (Å²) < 4.78 is 5.52. The molecule has 0 fully saturated rings. The van der Waals surface area contributed by atoms with E-state index in [0.29, 0.717) is 0 Å². The maximum Gasteiger partial charge on any atom is 0.142 e. The Morgan fingerprint density at radius 3 is 2.88 bits per heavy atom. The summed E-state index contributed by atoms with van der Waals surface area (Å²) in [5, 5.41) is 3.47. The molecule has 0 unspecified atom stereocenters. The minimum atomic E-state index is 0.717. The zero-order valence-corrected chi connectivity index (χ0v) is 14.5. The molecule has 2 heterocycles. The number of aromatic nitrogens is 2.